The summed E-state index contributed by atoms with van der Waals surface area (Å²) in [6, 6.07) is 15.5. The molecule has 2 heterocycles. The number of fused-ring (bicyclic) bond motifs is 1. The Morgan fingerprint density at radius 3 is 2.71 bits per heavy atom. The van der Waals surface area contributed by atoms with Gasteiger partial charge in [-0.3, -0.25) is 9.48 Å². The van der Waals surface area contributed by atoms with Crippen molar-refractivity contribution in [3.63, 3.8) is 0 Å². The number of carbonyl (C=O) groups excluding carboxylic acids is 1. The molecule has 0 radical (unpaired) electrons. The molecule has 34 heavy (non-hydrogen) atoms. The maximum Gasteiger partial charge on any atom is 0.252 e. The number of amides is 1. The molecular weight excluding hydrogens is 426 g/mol. The first-order valence-electron chi connectivity index (χ1n) is 11.4. The molecule has 176 valence electrons. The second-order valence-corrected chi connectivity index (χ2v) is 8.84. The van der Waals surface area contributed by atoms with Crippen molar-refractivity contribution in [2.75, 3.05) is 27.2 Å². The molecule has 0 unspecified atom stereocenters. The summed E-state index contributed by atoms with van der Waals surface area (Å²) in [5.74, 6) is 0.561. The molecule has 4 aromatic rings. The molecule has 0 saturated heterocycles. The van der Waals surface area contributed by atoms with Gasteiger partial charge >= 0.3 is 0 Å². The number of ether oxygens (including phenoxy) is 1. The molecule has 1 N–H and O–H groups in total. The maximum atomic E-state index is 13.3. The number of pyridine rings is 1. The van der Waals surface area contributed by atoms with E-state index in [1.165, 1.54) is 0 Å². The predicted octanol–water partition coefficient (Wildman–Crippen LogP) is 4.38. The van der Waals surface area contributed by atoms with E-state index in [2.05, 4.69) is 15.3 Å². The van der Waals surface area contributed by atoms with E-state index in [4.69, 9.17) is 9.72 Å². The Hall–Kier alpha value is -3.71. The Morgan fingerprint density at radius 1 is 1.18 bits per heavy atom. The van der Waals surface area contributed by atoms with Gasteiger partial charge in [0.05, 0.1) is 23.4 Å². The van der Waals surface area contributed by atoms with E-state index in [9.17, 15) is 4.79 Å². The van der Waals surface area contributed by atoms with Gasteiger partial charge in [0.1, 0.15) is 12.4 Å². The van der Waals surface area contributed by atoms with E-state index < -0.39 is 0 Å². The lowest BCUT2D eigenvalue weighted by atomic mass is 9.99. The predicted molar refractivity (Wildman–Crippen MR) is 135 cm³/mol. The number of hydrogen-bond acceptors (Lipinski definition) is 5. The fourth-order valence-corrected chi connectivity index (χ4v) is 3.90. The van der Waals surface area contributed by atoms with Crippen molar-refractivity contribution >= 4 is 16.8 Å². The Bertz CT molecular complexity index is 1310. The number of nitrogens with one attached hydrogen (secondary N) is 1. The second-order valence-electron chi connectivity index (χ2n) is 8.84. The van der Waals surface area contributed by atoms with Crippen LogP contribution in [-0.4, -0.2) is 52.8 Å². The van der Waals surface area contributed by atoms with Crippen LogP contribution >= 0.6 is 0 Å². The third-order valence-corrected chi connectivity index (χ3v) is 5.82. The number of carbonyl (C=O) groups is 1. The third kappa shape index (κ3) is 5.26. The lowest BCUT2D eigenvalue weighted by Crippen LogP contribution is -2.27. The third-order valence-electron chi connectivity index (χ3n) is 5.82. The van der Waals surface area contributed by atoms with Crippen LogP contribution < -0.4 is 10.1 Å². The molecule has 2 aromatic heterocycles. The number of benzene rings is 2. The molecule has 0 bridgehead atoms. The average molecular weight is 458 g/mol. The summed E-state index contributed by atoms with van der Waals surface area (Å²) in [5, 5.41) is 8.47. The molecule has 0 spiro atoms. The quantitative estimate of drug-likeness (QED) is 0.425. The normalized spacial score (nSPS) is 12.2. The summed E-state index contributed by atoms with van der Waals surface area (Å²) >= 11 is 0. The molecule has 4 rings (SSSR count). The minimum absolute atomic E-state index is 0.133. The van der Waals surface area contributed by atoms with E-state index in [1.807, 2.05) is 89.7 Å². The van der Waals surface area contributed by atoms with Crippen LogP contribution in [0.2, 0.25) is 0 Å². The molecule has 0 aliphatic carbocycles. The van der Waals surface area contributed by atoms with Crippen LogP contribution in [0.5, 0.6) is 5.75 Å². The monoisotopic (exact) mass is 457 g/mol. The van der Waals surface area contributed by atoms with Crippen molar-refractivity contribution in [1.29, 1.82) is 0 Å². The molecule has 2 aromatic carbocycles. The van der Waals surface area contributed by atoms with Gasteiger partial charge in [0.2, 0.25) is 0 Å². The van der Waals surface area contributed by atoms with Crippen molar-refractivity contribution in [3.8, 4) is 17.0 Å². The van der Waals surface area contributed by atoms with Crippen molar-refractivity contribution in [2.24, 2.45) is 7.05 Å². The fraction of sp³-hybridized carbons (Fsp3) is 0.296. The van der Waals surface area contributed by atoms with Gasteiger partial charge in [-0.05, 0) is 63.3 Å². The summed E-state index contributed by atoms with van der Waals surface area (Å²) in [5.41, 5.74) is 5.17. The highest BCUT2D eigenvalue weighted by Gasteiger charge is 2.18. The van der Waals surface area contributed by atoms with E-state index in [0.717, 1.165) is 39.8 Å². The maximum absolute atomic E-state index is 13.3. The van der Waals surface area contributed by atoms with E-state index in [-0.39, 0.29) is 11.9 Å². The summed E-state index contributed by atoms with van der Waals surface area (Å²) in [6.07, 6.45) is 3.74. The number of rotatable bonds is 8. The number of aromatic nitrogens is 3. The van der Waals surface area contributed by atoms with Gasteiger partial charge in [-0.1, -0.05) is 24.3 Å². The Balaban J connectivity index is 1.61. The van der Waals surface area contributed by atoms with Gasteiger partial charge in [-0.25, -0.2) is 4.98 Å². The van der Waals surface area contributed by atoms with Crippen molar-refractivity contribution in [2.45, 2.75) is 19.9 Å². The lowest BCUT2D eigenvalue weighted by molar-refractivity contribution is 0.0939. The van der Waals surface area contributed by atoms with Gasteiger partial charge in [0.25, 0.3) is 5.91 Å². The smallest absolute Gasteiger partial charge is 0.252 e. The van der Waals surface area contributed by atoms with Crippen LogP contribution in [0, 0.1) is 6.92 Å². The fourth-order valence-electron chi connectivity index (χ4n) is 3.90. The molecule has 0 fully saturated rings. The Kier molecular flexibility index (Phi) is 6.93. The standard InChI is InChI=1S/C27H31N5O2/c1-18-10-11-21(34-13-12-31(3)4)14-23(18)27(33)29-19(2)24-15-26(20-16-28-32(5)17-20)30-25-9-7-6-8-22(24)25/h6-11,14-17,19H,12-13H2,1-5H3,(H,29,33)/t19-/m1/s1. The largest absolute Gasteiger partial charge is 0.492 e. The summed E-state index contributed by atoms with van der Waals surface area (Å²) in [7, 11) is 5.89. The van der Waals surface area contributed by atoms with Gasteiger partial charge in [-0.2, -0.15) is 5.10 Å². The van der Waals surface area contributed by atoms with E-state index in [0.29, 0.717) is 17.9 Å². The zero-order valence-corrected chi connectivity index (χ0v) is 20.4. The van der Waals surface area contributed by atoms with Crippen LogP contribution in [0.1, 0.15) is 34.5 Å². The molecule has 1 amide bonds. The molecule has 0 aliphatic rings. The lowest BCUT2D eigenvalue weighted by Gasteiger charge is -2.19. The molecule has 0 aliphatic heterocycles. The van der Waals surface area contributed by atoms with Crippen LogP contribution in [-0.2, 0) is 7.05 Å². The van der Waals surface area contributed by atoms with Crippen molar-refractivity contribution in [1.82, 2.24) is 25.0 Å². The van der Waals surface area contributed by atoms with Crippen LogP contribution in [0.25, 0.3) is 22.2 Å². The Morgan fingerprint density at radius 2 is 1.97 bits per heavy atom. The van der Waals surface area contributed by atoms with Gasteiger partial charge in [-0.15, -0.1) is 0 Å². The first-order valence-corrected chi connectivity index (χ1v) is 11.4. The molecule has 7 nitrogen and oxygen atoms in total. The number of para-hydroxylation sites is 1. The summed E-state index contributed by atoms with van der Waals surface area (Å²) < 4.78 is 7.60. The van der Waals surface area contributed by atoms with Crippen LogP contribution in [0.3, 0.4) is 0 Å². The summed E-state index contributed by atoms with van der Waals surface area (Å²) in [6.45, 7) is 5.31. The zero-order valence-electron chi connectivity index (χ0n) is 20.4. The number of aryl methyl sites for hydroxylation is 2. The molecular formula is C27H31N5O2. The first-order chi connectivity index (χ1) is 16.3. The highest BCUT2D eigenvalue weighted by Crippen LogP contribution is 2.29. The first kappa shape index (κ1) is 23.4. The molecule has 0 saturated carbocycles. The summed E-state index contributed by atoms with van der Waals surface area (Å²) in [4.78, 5) is 20.2. The van der Waals surface area contributed by atoms with Gasteiger partial charge in [0.15, 0.2) is 0 Å². The van der Waals surface area contributed by atoms with Crippen molar-refractivity contribution < 1.29 is 9.53 Å². The molecule has 1 atom stereocenters. The Labute approximate surface area is 200 Å². The topological polar surface area (TPSA) is 72.3 Å². The van der Waals surface area contributed by atoms with E-state index in [1.54, 1.807) is 10.9 Å². The minimum Gasteiger partial charge on any atom is -0.492 e. The SMILES string of the molecule is Cc1ccc(OCCN(C)C)cc1C(=O)N[C@H](C)c1cc(-c2cnn(C)c2)nc2ccccc12. The zero-order chi connectivity index (χ0) is 24.2. The number of nitrogens with zero attached hydrogens (tertiary/aromatic N) is 4. The van der Waals surface area contributed by atoms with Crippen molar-refractivity contribution in [3.05, 3.63) is 77.6 Å². The molecule has 7 heteroatoms. The highest BCUT2D eigenvalue weighted by atomic mass is 16.5. The number of likely N-dealkylation sites (N-methyl/N-ethyl adjacent to an activating group) is 1. The van der Waals surface area contributed by atoms with Gasteiger partial charge in [0, 0.05) is 36.3 Å². The minimum atomic E-state index is -0.228. The average Bonchev–Trinajstić information content (AvgIpc) is 3.25. The van der Waals surface area contributed by atoms with Gasteiger partial charge < -0.3 is 15.0 Å². The number of hydrogen-bond donors (Lipinski definition) is 1. The highest BCUT2D eigenvalue weighted by molar-refractivity contribution is 5.96. The van der Waals surface area contributed by atoms with Crippen LogP contribution in [0.4, 0.5) is 0 Å². The second kappa shape index (κ2) is 10.1. The van der Waals surface area contributed by atoms with Crippen LogP contribution in [0.15, 0.2) is 60.9 Å². The van der Waals surface area contributed by atoms with E-state index >= 15 is 0 Å².